The molecule has 0 spiro atoms. The van der Waals surface area contributed by atoms with E-state index >= 15 is 0 Å². The second-order valence-corrected chi connectivity index (χ2v) is 8.27. The van der Waals surface area contributed by atoms with Crippen LogP contribution in [-0.4, -0.2) is 62.8 Å². The van der Waals surface area contributed by atoms with E-state index in [0.717, 1.165) is 66.4 Å². The molecule has 0 bridgehead atoms. The molecule has 1 aromatic heterocycles. The molecule has 0 saturated carbocycles. The van der Waals surface area contributed by atoms with E-state index < -0.39 is 11.9 Å². The van der Waals surface area contributed by atoms with Crippen LogP contribution in [0, 0.1) is 5.92 Å². The second kappa shape index (κ2) is 10.9. The van der Waals surface area contributed by atoms with Gasteiger partial charge in [0.2, 0.25) is 12.7 Å². The number of piperidine rings is 1. The highest BCUT2D eigenvalue weighted by molar-refractivity contribution is 6.27. The van der Waals surface area contributed by atoms with Crippen LogP contribution in [0.25, 0.3) is 11.0 Å². The van der Waals surface area contributed by atoms with Gasteiger partial charge in [-0.15, -0.1) is 0 Å². The molecule has 0 aliphatic carbocycles. The van der Waals surface area contributed by atoms with Crippen LogP contribution in [0.3, 0.4) is 0 Å². The maximum Gasteiger partial charge on any atom is 0.414 e. The van der Waals surface area contributed by atoms with Gasteiger partial charge in [-0.2, -0.15) is 0 Å². The monoisotopic (exact) mass is 482 g/mol. The third-order valence-electron chi connectivity index (χ3n) is 5.86. The Labute approximate surface area is 200 Å². The molecular weight excluding hydrogens is 456 g/mol. The van der Waals surface area contributed by atoms with Gasteiger partial charge in [-0.3, -0.25) is 9.69 Å². The van der Waals surface area contributed by atoms with Gasteiger partial charge in [0, 0.05) is 12.5 Å². The van der Waals surface area contributed by atoms with E-state index in [1.807, 2.05) is 42.5 Å². The SMILES string of the molecule is O=C(NCc1ccc2c(c1)OCO2)C1CCN(Cc2nc3ccccc3[nH]2)CC1.O=C(O)C(=O)O. The number of H-pyrrole nitrogens is 1. The number of nitrogens with zero attached hydrogens (tertiary/aromatic N) is 2. The summed E-state index contributed by atoms with van der Waals surface area (Å²) in [6.07, 6.45) is 1.74. The van der Waals surface area contributed by atoms with Crippen molar-refractivity contribution >= 4 is 28.9 Å². The number of aromatic amines is 1. The van der Waals surface area contributed by atoms with Gasteiger partial charge < -0.3 is 30.0 Å². The Bertz CT molecular complexity index is 1170. The van der Waals surface area contributed by atoms with Gasteiger partial charge in [-0.25, -0.2) is 14.6 Å². The summed E-state index contributed by atoms with van der Waals surface area (Å²) in [4.78, 5) is 41.2. The number of ether oxygens (including phenoxy) is 2. The number of benzene rings is 2. The van der Waals surface area contributed by atoms with Crippen molar-refractivity contribution in [2.45, 2.75) is 25.9 Å². The Balaban J connectivity index is 0.000000431. The van der Waals surface area contributed by atoms with Crippen LogP contribution in [0.2, 0.25) is 0 Å². The average Bonchev–Trinajstić information content (AvgIpc) is 3.49. The van der Waals surface area contributed by atoms with E-state index in [0.29, 0.717) is 6.54 Å². The van der Waals surface area contributed by atoms with Crippen molar-refractivity contribution in [1.29, 1.82) is 0 Å². The van der Waals surface area contributed by atoms with E-state index in [4.69, 9.17) is 29.3 Å². The zero-order valence-electron chi connectivity index (χ0n) is 18.9. The molecule has 1 saturated heterocycles. The fourth-order valence-electron chi connectivity index (χ4n) is 4.03. The van der Waals surface area contributed by atoms with Crippen molar-refractivity contribution in [3.63, 3.8) is 0 Å². The number of imidazole rings is 1. The van der Waals surface area contributed by atoms with Crippen molar-refractivity contribution in [3.8, 4) is 11.5 Å². The van der Waals surface area contributed by atoms with Crippen molar-refractivity contribution in [1.82, 2.24) is 20.2 Å². The Morgan fingerprint density at radius 2 is 1.74 bits per heavy atom. The van der Waals surface area contributed by atoms with Crippen molar-refractivity contribution in [2.24, 2.45) is 5.92 Å². The van der Waals surface area contributed by atoms with Gasteiger partial charge >= 0.3 is 11.9 Å². The standard InChI is InChI=1S/C22H24N4O3.C2H2O4/c27-22(23-12-15-5-6-19-20(11-15)29-14-28-19)16-7-9-26(10-8-16)13-21-24-17-3-1-2-4-18(17)25-21;3-1(4)2(5)6/h1-6,11,16H,7-10,12-14H2,(H,23,27)(H,24,25);(H,3,4)(H,5,6). The van der Waals surface area contributed by atoms with E-state index in [9.17, 15) is 4.79 Å². The lowest BCUT2D eigenvalue weighted by Crippen LogP contribution is -2.40. The molecule has 1 amide bonds. The molecule has 1 fully saturated rings. The van der Waals surface area contributed by atoms with Gasteiger partial charge in [0.1, 0.15) is 5.82 Å². The number of hydrogen-bond donors (Lipinski definition) is 4. The zero-order chi connectivity index (χ0) is 24.8. The Hall–Kier alpha value is -4.12. The molecule has 2 aromatic carbocycles. The van der Waals surface area contributed by atoms with E-state index in [-0.39, 0.29) is 18.6 Å². The van der Waals surface area contributed by atoms with Crippen LogP contribution in [0.4, 0.5) is 0 Å². The summed E-state index contributed by atoms with van der Waals surface area (Å²) in [6.45, 7) is 3.37. The Morgan fingerprint density at radius 3 is 2.46 bits per heavy atom. The molecule has 4 N–H and O–H groups in total. The van der Waals surface area contributed by atoms with E-state index in [1.165, 1.54) is 0 Å². The summed E-state index contributed by atoms with van der Waals surface area (Å²) in [5, 5.41) is 17.9. The summed E-state index contributed by atoms with van der Waals surface area (Å²) in [6, 6.07) is 13.9. The molecule has 2 aliphatic rings. The van der Waals surface area contributed by atoms with Crippen molar-refractivity contribution in [3.05, 3.63) is 53.9 Å². The lowest BCUT2D eigenvalue weighted by molar-refractivity contribution is -0.159. The van der Waals surface area contributed by atoms with E-state index in [1.54, 1.807) is 0 Å². The van der Waals surface area contributed by atoms with Gasteiger partial charge in [0.25, 0.3) is 0 Å². The predicted octanol–water partition coefficient (Wildman–Crippen LogP) is 1.98. The highest BCUT2D eigenvalue weighted by Gasteiger charge is 2.25. The molecule has 3 aromatic rings. The highest BCUT2D eigenvalue weighted by Crippen LogP contribution is 2.32. The van der Waals surface area contributed by atoms with Crippen LogP contribution in [0.15, 0.2) is 42.5 Å². The van der Waals surface area contributed by atoms with Gasteiger partial charge in [0.15, 0.2) is 11.5 Å². The first-order valence-electron chi connectivity index (χ1n) is 11.2. The quantitative estimate of drug-likeness (QED) is 0.400. The summed E-state index contributed by atoms with van der Waals surface area (Å²) in [5.74, 6) is -0.962. The lowest BCUT2D eigenvalue weighted by Gasteiger charge is -2.30. The fourth-order valence-corrected chi connectivity index (χ4v) is 4.03. The summed E-state index contributed by atoms with van der Waals surface area (Å²) in [5.41, 5.74) is 3.09. The average molecular weight is 482 g/mol. The van der Waals surface area contributed by atoms with Crippen LogP contribution >= 0.6 is 0 Å². The van der Waals surface area contributed by atoms with Crippen LogP contribution < -0.4 is 14.8 Å². The number of aliphatic carboxylic acids is 2. The Morgan fingerprint density at radius 1 is 1.03 bits per heavy atom. The smallest absolute Gasteiger partial charge is 0.414 e. The van der Waals surface area contributed by atoms with Gasteiger partial charge in [-0.05, 0) is 55.8 Å². The molecule has 2 aliphatic heterocycles. The van der Waals surface area contributed by atoms with Crippen molar-refractivity contribution in [2.75, 3.05) is 19.9 Å². The minimum absolute atomic E-state index is 0.0657. The van der Waals surface area contributed by atoms with Gasteiger partial charge in [0.05, 0.1) is 17.6 Å². The predicted molar refractivity (Wildman–Crippen MR) is 124 cm³/mol. The number of likely N-dealkylation sites (tertiary alicyclic amines) is 1. The third kappa shape index (κ3) is 6.27. The number of aromatic nitrogens is 2. The number of carboxylic acids is 2. The molecule has 0 radical (unpaired) electrons. The molecule has 0 atom stereocenters. The number of carbonyl (C=O) groups excluding carboxylic acids is 1. The molecule has 3 heterocycles. The number of hydrogen-bond acceptors (Lipinski definition) is 7. The fraction of sp³-hybridized carbons (Fsp3) is 0.333. The van der Waals surface area contributed by atoms with Crippen LogP contribution in [0.5, 0.6) is 11.5 Å². The first kappa shape index (κ1) is 24.0. The summed E-state index contributed by atoms with van der Waals surface area (Å²) < 4.78 is 10.7. The first-order chi connectivity index (χ1) is 16.9. The van der Waals surface area contributed by atoms with Crippen molar-refractivity contribution < 1.29 is 34.1 Å². The lowest BCUT2D eigenvalue weighted by atomic mass is 9.96. The topological polar surface area (TPSA) is 154 Å². The highest BCUT2D eigenvalue weighted by atomic mass is 16.7. The van der Waals surface area contributed by atoms with Gasteiger partial charge in [-0.1, -0.05) is 18.2 Å². The number of carbonyl (C=O) groups is 3. The van der Waals surface area contributed by atoms with Crippen LogP contribution in [0.1, 0.15) is 24.2 Å². The first-order valence-corrected chi connectivity index (χ1v) is 11.2. The molecule has 11 heteroatoms. The summed E-state index contributed by atoms with van der Waals surface area (Å²) >= 11 is 0. The van der Waals surface area contributed by atoms with E-state index in [2.05, 4.69) is 20.2 Å². The zero-order valence-corrected chi connectivity index (χ0v) is 18.9. The molecule has 184 valence electrons. The number of para-hydroxylation sites is 2. The number of nitrogens with one attached hydrogen (secondary N) is 2. The summed E-state index contributed by atoms with van der Waals surface area (Å²) in [7, 11) is 0. The molecule has 11 nitrogen and oxygen atoms in total. The molecular formula is C24H26N4O7. The third-order valence-corrected chi connectivity index (χ3v) is 5.86. The maximum absolute atomic E-state index is 12.6. The number of carboxylic acid groups (broad SMARTS) is 2. The molecule has 0 unspecified atom stereocenters. The number of amides is 1. The minimum atomic E-state index is -1.82. The largest absolute Gasteiger partial charge is 0.473 e. The molecule has 5 rings (SSSR count). The Kier molecular flexibility index (Phi) is 7.46. The second-order valence-electron chi connectivity index (χ2n) is 8.27. The normalized spacial score (nSPS) is 15.3. The minimum Gasteiger partial charge on any atom is -0.473 e. The van der Waals surface area contributed by atoms with Crippen LogP contribution in [-0.2, 0) is 27.5 Å². The number of fused-ring (bicyclic) bond motifs is 2. The molecule has 35 heavy (non-hydrogen) atoms. The maximum atomic E-state index is 12.6. The number of rotatable bonds is 5.